The quantitative estimate of drug-likeness (QED) is 0.566. The fraction of sp³-hybridized carbons (Fsp3) is 0.300. The second-order valence-electron chi connectivity index (χ2n) is 6.54. The number of thioether (sulfide) groups is 1. The molecule has 1 amide bonds. The van der Waals surface area contributed by atoms with Gasteiger partial charge < -0.3 is 18.5 Å². The number of hydrogen-bond donors (Lipinski definition) is 0. The molecule has 1 aliphatic rings. The lowest BCUT2D eigenvalue weighted by molar-refractivity contribution is -0.145. The molecule has 0 aliphatic carbocycles. The van der Waals surface area contributed by atoms with Crippen LogP contribution in [0.5, 0.6) is 0 Å². The van der Waals surface area contributed by atoms with Crippen molar-refractivity contribution in [1.82, 2.24) is 10.2 Å². The van der Waals surface area contributed by atoms with Crippen LogP contribution in [0.3, 0.4) is 0 Å². The van der Waals surface area contributed by atoms with Crippen LogP contribution in [-0.2, 0) is 20.9 Å². The Bertz CT molecular complexity index is 1060. The van der Waals surface area contributed by atoms with Gasteiger partial charge in [0, 0.05) is 11.4 Å². The van der Waals surface area contributed by atoms with Gasteiger partial charge in [0.15, 0.2) is 6.61 Å². The highest BCUT2D eigenvalue weighted by Crippen LogP contribution is 2.34. The van der Waals surface area contributed by atoms with E-state index in [4.69, 9.17) is 13.6 Å². The molecule has 0 saturated heterocycles. The number of anilines is 1. The average molecular weight is 413 g/mol. The van der Waals surface area contributed by atoms with Gasteiger partial charge in [0.2, 0.25) is 5.91 Å². The Morgan fingerprint density at radius 3 is 2.86 bits per heavy atom. The van der Waals surface area contributed by atoms with E-state index in [9.17, 15) is 9.59 Å². The van der Waals surface area contributed by atoms with E-state index in [1.165, 1.54) is 11.8 Å². The first-order valence-corrected chi connectivity index (χ1v) is 10.1. The van der Waals surface area contributed by atoms with Crippen molar-refractivity contribution in [2.45, 2.75) is 31.8 Å². The van der Waals surface area contributed by atoms with Crippen LogP contribution in [0.4, 0.5) is 5.69 Å². The van der Waals surface area contributed by atoms with Crippen LogP contribution in [0.2, 0.25) is 0 Å². The van der Waals surface area contributed by atoms with E-state index in [2.05, 4.69) is 10.2 Å². The third kappa shape index (κ3) is 4.19. The fourth-order valence-electron chi connectivity index (χ4n) is 3.08. The van der Waals surface area contributed by atoms with E-state index < -0.39 is 5.97 Å². The molecule has 0 bridgehead atoms. The van der Waals surface area contributed by atoms with Crippen molar-refractivity contribution in [2.75, 3.05) is 17.2 Å². The summed E-state index contributed by atoms with van der Waals surface area (Å²) in [6, 6.07) is 9.46. The normalized spacial score (nSPS) is 13.4. The molecule has 9 heteroatoms. The number of aryl methyl sites for hydroxylation is 2. The molecule has 2 aromatic heterocycles. The minimum absolute atomic E-state index is 0.0196. The highest BCUT2D eigenvalue weighted by atomic mass is 32.2. The molecule has 1 aliphatic heterocycles. The minimum atomic E-state index is -0.441. The number of esters is 1. The standard InChI is InChI=1S/C20H19N3O5S/c1-12-9-14(13(2)27-12)20-22-21-17(28-20)10-26-19(25)7-8-23-15-5-3-4-6-16(15)29-11-18(23)24/h3-6,9H,7-8,10-11H2,1-2H3. The Kier molecular flexibility index (Phi) is 5.39. The second kappa shape index (κ2) is 8.12. The van der Waals surface area contributed by atoms with E-state index in [1.807, 2.05) is 44.2 Å². The number of aromatic nitrogens is 2. The maximum atomic E-state index is 12.2. The molecule has 0 radical (unpaired) electrons. The molecular weight excluding hydrogens is 394 g/mol. The van der Waals surface area contributed by atoms with E-state index in [1.54, 1.807) is 4.90 Å². The van der Waals surface area contributed by atoms with Crippen molar-refractivity contribution in [2.24, 2.45) is 0 Å². The Labute approximate surface area is 171 Å². The van der Waals surface area contributed by atoms with Crippen molar-refractivity contribution in [3.63, 3.8) is 0 Å². The second-order valence-corrected chi connectivity index (χ2v) is 7.56. The molecule has 29 heavy (non-hydrogen) atoms. The monoisotopic (exact) mass is 413 g/mol. The van der Waals surface area contributed by atoms with Crippen LogP contribution in [0.1, 0.15) is 23.8 Å². The first-order chi connectivity index (χ1) is 14.0. The van der Waals surface area contributed by atoms with Gasteiger partial charge in [0.1, 0.15) is 11.5 Å². The van der Waals surface area contributed by atoms with E-state index in [0.29, 0.717) is 23.0 Å². The smallest absolute Gasteiger partial charge is 0.308 e. The number of amides is 1. The van der Waals surface area contributed by atoms with Gasteiger partial charge in [0.25, 0.3) is 11.8 Å². The molecule has 0 atom stereocenters. The Hall–Kier alpha value is -3.07. The Morgan fingerprint density at radius 2 is 2.07 bits per heavy atom. The first kappa shape index (κ1) is 19.3. The predicted octanol–water partition coefficient (Wildman–Crippen LogP) is 3.52. The van der Waals surface area contributed by atoms with Gasteiger partial charge in [-0.15, -0.1) is 22.0 Å². The summed E-state index contributed by atoms with van der Waals surface area (Å²) in [7, 11) is 0. The van der Waals surface area contributed by atoms with Crippen LogP contribution >= 0.6 is 11.8 Å². The van der Waals surface area contributed by atoms with Crippen LogP contribution in [0.15, 0.2) is 44.1 Å². The number of nitrogens with zero attached hydrogens (tertiary/aromatic N) is 3. The van der Waals surface area contributed by atoms with Gasteiger partial charge in [-0.2, -0.15) is 0 Å². The van der Waals surface area contributed by atoms with Crippen molar-refractivity contribution < 1.29 is 23.2 Å². The summed E-state index contributed by atoms with van der Waals surface area (Å²) in [6.45, 7) is 3.78. The minimum Gasteiger partial charge on any atom is -0.466 e. The number of benzene rings is 1. The van der Waals surface area contributed by atoms with Crippen LogP contribution in [-0.4, -0.2) is 34.4 Å². The van der Waals surface area contributed by atoms with E-state index in [0.717, 1.165) is 16.3 Å². The lowest BCUT2D eigenvalue weighted by Gasteiger charge is -2.28. The first-order valence-electron chi connectivity index (χ1n) is 9.09. The number of fused-ring (bicyclic) bond motifs is 1. The number of carbonyl (C=O) groups excluding carboxylic acids is 2. The molecule has 4 rings (SSSR count). The van der Waals surface area contributed by atoms with Crippen molar-refractivity contribution in [3.05, 3.63) is 47.7 Å². The fourth-order valence-corrected chi connectivity index (χ4v) is 4.02. The summed E-state index contributed by atoms with van der Waals surface area (Å²) in [6.07, 6.45) is 0.0752. The number of hydrogen-bond acceptors (Lipinski definition) is 8. The summed E-state index contributed by atoms with van der Waals surface area (Å²) in [5, 5.41) is 7.87. The summed E-state index contributed by atoms with van der Waals surface area (Å²) < 4.78 is 16.2. The average Bonchev–Trinajstić information content (AvgIpc) is 3.31. The number of furan rings is 1. The Morgan fingerprint density at radius 1 is 1.24 bits per heavy atom. The van der Waals surface area contributed by atoms with E-state index in [-0.39, 0.29) is 31.4 Å². The molecule has 0 spiro atoms. The highest BCUT2D eigenvalue weighted by Gasteiger charge is 2.25. The largest absolute Gasteiger partial charge is 0.466 e. The number of rotatable bonds is 6. The molecule has 3 heterocycles. The molecule has 1 aromatic carbocycles. The number of ether oxygens (including phenoxy) is 1. The van der Waals surface area contributed by atoms with Crippen LogP contribution < -0.4 is 4.90 Å². The van der Waals surface area contributed by atoms with Crippen molar-refractivity contribution in [3.8, 4) is 11.5 Å². The molecule has 0 saturated carbocycles. The van der Waals surface area contributed by atoms with E-state index >= 15 is 0 Å². The van der Waals surface area contributed by atoms with Crippen molar-refractivity contribution in [1.29, 1.82) is 0 Å². The Balaban J connectivity index is 1.32. The third-order valence-electron chi connectivity index (χ3n) is 4.44. The van der Waals surface area contributed by atoms with Gasteiger partial charge in [-0.05, 0) is 32.0 Å². The molecule has 0 unspecified atom stereocenters. The highest BCUT2D eigenvalue weighted by molar-refractivity contribution is 8.00. The maximum Gasteiger partial charge on any atom is 0.308 e. The molecule has 3 aromatic rings. The van der Waals surface area contributed by atoms with Crippen LogP contribution in [0.25, 0.3) is 11.5 Å². The lowest BCUT2D eigenvalue weighted by atomic mass is 10.2. The zero-order valence-electron chi connectivity index (χ0n) is 16.0. The summed E-state index contributed by atoms with van der Waals surface area (Å²) in [5.74, 6) is 1.84. The molecule has 8 nitrogen and oxygen atoms in total. The van der Waals surface area contributed by atoms with Crippen molar-refractivity contribution >= 4 is 29.3 Å². The molecule has 0 N–H and O–H groups in total. The number of para-hydroxylation sites is 1. The van der Waals surface area contributed by atoms with Crippen LogP contribution in [0, 0.1) is 13.8 Å². The lowest BCUT2D eigenvalue weighted by Crippen LogP contribution is -2.37. The molecule has 0 fully saturated rings. The zero-order valence-corrected chi connectivity index (χ0v) is 16.8. The third-order valence-corrected chi connectivity index (χ3v) is 5.49. The SMILES string of the molecule is Cc1cc(-c2nnc(COC(=O)CCN3C(=O)CSc4ccccc43)o2)c(C)o1. The maximum absolute atomic E-state index is 12.2. The van der Waals surface area contributed by atoms with Gasteiger partial charge >= 0.3 is 5.97 Å². The zero-order chi connectivity index (χ0) is 20.4. The molecule has 150 valence electrons. The summed E-state index contributed by atoms with van der Waals surface area (Å²) in [5.41, 5.74) is 1.54. The van der Waals surface area contributed by atoms with Gasteiger partial charge in [-0.1, -0.05) is 12.1 Å². The van der Waals surface area contributed by atoms with Gasteiger partial charge in [-0.3, -0.25) is 9.59 Å². The topological polar surface area (TPSA) is 98.7 Å². The van der Waals surface area contributed by atoms with Gasteiger partial charge in [-0.25, -0.2) is 0 Å². The number of carbonyl (C=O) groups is 2. The summed E-state index contributed by atoms with van der Waals surface area (Å²) in [4.78, 5) is 27.0. The summed E-state index contributed by atoms with van der Waals surface area (Å²) >= 11 is 1.50. The predicted molar refractivity (Wildman–Crippen MR) is 105 cm³/mol. The van der Waals surface area contributed by atoms with Gasteiger partial charge in [0.05, 0.1) is 23.4 Å². The molecular formula is C20H19N3O5S.